The summed E-state index contributed by atoms with van der Waals surface area (Å²) in [6.07, 6.45) is 0.982. The first-order chi connectivity index (χ1) is 11.0. The SMILES string of the molecule is CCC1CN(C(=O)CC(N)c2ccccc2)CCN1CC(C)O.Cl.Cl. The lowest BCUT2D eigenvalue weighted by Crippen LogP contribution is -2.56. The van der Waals surface area contributed by atoms with Gasteiger partial charge >= 0.3 is 0 Å². The minimum absolute atomic E-state index is 0. The Hall–Kier alpha value is -0.850. The number of hydrogen-bond acceptors (Lipinski definition) is 4. The number of hydrogen-bond donors (Lipinski definition) is 2. The Morgan fingerprint density at radius 3 is 2.48 bits per heavy atom. The first-order valence-corrected chi connectivity index (χ1v) is 8.51. The van der Waals surface area contributed by atoms with Crippen molar-refractivity contribution in [1.82, 2.24) is 9.80 Å². The quantitative estimate of drug-likeness (QED) is 0.779. The molecule has 0 aromatic heterocycles. The number of piperazine rings is 1. The van der Waals surface area contributed by atoms with Crippen molar-refractivity contribution in [2.45, 2.75) is 44.9 Å². The van der Waals surface area contributed by atoms with Gasteiger partial charge in [0.2, 0.25) is 5.91 Å². The predicted octanol–water partition coefficient (Wildman–Crippen LogP) is 2.22. The monoisotopic (exact) mass is 391 g/mol. The second kappa shape index (κ2) is 11.7. The highest BCUT2D eigenvalue weighted by Gasteiger charge is 2.29. The van der Waals surface area contributed by atoms with Crippen LogP contribution in [0.1, 0.15) is 38.3 Å². The van der Waals surface area contributed by atoms with Gasteiger partial charge in [-0.05, 0) is 18.9 Å². The largest absolute Gasteiger partial charge is 0.392 e. The van der Waals surface area contributed by atoms with Crippen LogP contribution in [0.3, 0.4) is 0 Å². The molecule has 0 saturated carbocycles. The maximum absolute atomic E-state index is 12.6. The van der Waals surface area contributed by atoms with Crippen LogP contribution >= 0.6 is 24.8 Å². The first-order valence-electron chi connectivity index (χ1n) is 8.51. The molecule has 1 aromatic rings. The van der Waals surface area contributed by atoms with Crippen LogP contribution in [0.25, 0.3) is 0 Å². The number of halogens is 2. The van der Waals surface area contributed by atoms with Crippen molar-refractivity contribution in [1.29, 1.82) is 0 Å². The molecule has 1 amide bonds. The van der Waals surface area contributed by atoms with E-state index in [1.54, 1.807) is 0 Å². The molecule has 3 N–H and O–H groups in total. The fraction of sp³-hybridized carbons (Fsp3) is 0.611. The molecule has 3 atom stereocenters. The van der Waals surface area contributed by atoms with Crippen molar-refractivity contribution in [3.63, 3.8) is 0 Å². The van der Waals surface area contributed by atoms with Gasteiger partial charge in [-0.25, -0.2) is 0 Å². The summed E-state index contributed by atoms with van der Waals surface area (Å²) in [6.45, 7) is 6.86. The maximum atomic E-state index is 12.6. The van der Waals surface area contributed by atoms with Crippen molar-refractivity contribution in [2.75, 3.05) is 26.2 Å². The molecule has 5 nitrogen and oxygen atoms in total. The van der Waals surface area contributed by atoms with Gasteiger partial charge in [0.25, 0.3) is 0 Å². The highest BCUT2D eigenvalue weighted by atomic mass is 35.5. The third-order valence-corrected chi connectivity index (χ3v) is 4.55. The Bertz CT molecular complexity index is 502. The summed E-state index contributed by atoms with van der Waals surface area (Å²) in [5.74, 6) is 0.122. The lowest BCUT2D eigenvalue weighted by atomic mass is 10.0. The van der Waals surface area contributed by atoms with E-state index in [-0.39, 0.29) is 42.9 Å². The minimum Gasteiger partial charge on any atom is -0.392 e. The molecule has 144 valence electrons. The average molecular weight is 392 g/mol. The minimum atomic E-state index is -0.335. The molecule has 7 heteroatoms. The summed E-state index contributed by atoms with van der Waals surface area (Å²) < 4.78 is 0. The standard InChI is InChI=1S/C18H29N3O2.2ClH/c1-3-16-13-21(10-9-20(16)12-14(2)22)18(23)11-17(19)15-7-5-4-6-8-15;;/h4-8,14,16-17,22H,3,9-13,19H2,1-2H3;2*1H. The molecule has 0 bridgehead atoms. The molecule has 0 spiro atoms. The normalized spacial score (nSPS) is 20.2. The van der Waals surface area contributed by atoms with Crippen LogP contribution in [-0.2, 0) is 4.79 Å². The zero-order valence-electron chi connectivity index (χ0n) is 15.0. The van der Waals surface area contributed by atoms with Crippen LogP contribution in [0.4, 0.5) is 0 Å². The number of carbonyl (C=O) groups is 1. The number of aliphatic hydroxyl groups excluding tert-OH is 1. The Morgan fingerprint density at radius 2 is 1.92 bits per heavy atom. The van der Waals surface area contributed by atoms with Crippen molar-refractivity contribution >= 4 is 30.7 Å². The maximum Gasteiger partial charge on any atom is 0.224 e. The number of β-amino-alcohol motifs (C(OH)–C–C–N with tert-alkyl or cyclic N) is 1. The van der Waals surface area contributed by atoms with E-state index >= 15 is 0 Å². The topological polar surface area (TPSA) is 69.8 Å². The Morgan fingerprint density at radius 1 is 1.28 bits per heavy atom. The molecular formula is C18H31Cl2N3O2. The van der Waals surface area contributed by atoms with E-state index in [4.69, 9.17) is 5.73 Å². The lowest BCUT2D eigenvalue weighted by molar-refractivity contribution is -0.135. The third-order valence-electron chi connectivity index (χ3n) is 4.55. The second-order valence-corrected chi connectivity index (χ2v) is 6.47. The Labute approximate surface area is 163 Å². The zero-order chi connectivity index (χ0) is 16.8. The zero-order valence-corrected chi connectivity index (χ0v) is 16.6. The number of carbonyl (C=O) groups excluding carboxylic acids is 1. The molecule has 25 heavy (non-hydrogen) atoms. The predicted molar refractivity (Wildman–Crippen MR) is 106 cm³/mol. The van der Waals surface area contributed by atoms with Gasteiger partial charge < -0.3 is 15.7 Å². The Balaban J connectivity index is 0.00000288. The van der Waals surface area contributed by atoms with Crippen LogP contribution in [-0.4, -0.2) is 59.1 Å². The highest BCUT2D eigenvalue weighted by Crippen LogP contribution is 2.18. The Kier molecular flexibility index (Phi) is 11.3. The summed E-state index contributed by atoms with van der Waals surface area (Å²) in [5, 5.41) is 9.60. The van der Waals surface area contributed by atoms with Crippen LogP contribution in [0.5, 0.6) is 0 Å². The molecule has 1 saturated heterocycles. The van der Waals surface area contributed by atoms with Gasteiger partial charge in [-0.2, -0.15) is 0 Å². The molecule has 1 fully saturated rings. The number of rotatable bonds is 6. The second-order valence-electron chi connectivity index (χ2n) is 6.47. The molecule has 1 aliphatic rings. The van der Waals surface area contributed by atoms with Crippen LogP contribution in [0.15, 0.2) is 30.3 Å². The van der Waals surface area contributed by atoms with Gasteiger partial charge in [0.05, 0.1) is 6.10 Å². The molecule has 2 rings (SSSR count). The first kappa shape index (κ1) is 24.1. The molecule has 1 heterocycles. The van der Waals surface area contributed by atoms with Gasteiger partial charge in [-0.1, -0.05) is 37.3 Å². The average Bonchev–Trinajstić information content (AvgIpc) is 2.55. The van der Waals surface area contributed by atoms with Gasteiger partial charge in [0.15, 0.2) is 0 Å². The number of aliphatic hydroxyl groups is 1. The van der Waals surface area contributed by atoms with E-state index in [0.29, 0.717) is 25.6 Å². The molecule has 1 aliphatic heterocycles. The number of amides is 1. The summed E-state index contributed by atoms with van der Waals surface area (Å²) >= 11 is 0. The molecule has 0 aliphatic carbocycles. The van der Waals surface area contributed by atoms with Crippen molar-refractivity contribution in [3.05, 3.63) is 35.9 Å². The fourth-order valence-corrected chi connectivity index (χ4v) is 3.22. The van der Waals surface area contributed by atoms with Gasteiger partial charge in [0.1, 0.15) is 0 Å². The van der Waals surface area contributed by atoms with Crippen molar-refractivity contribution < 1.29 is 9.90 Å². The van der Waals surface area contributed by atoms with E-state index in [0.717, 1.165) is 25.1 Å². The number of nitrogens with zero attached hydrogens (tertiary/aromatic N) is 2. The van der Waals surface area contributed by atoms with E-state index < -0.39 is 0 Å². The van der Waals surface area contributed by atoms with Crippen LogP contribution in [0, 0.1) is 0 Å². The third kappa shape index (κ3) is 7.12. The summed E-state index contributed by atoms with van der Waals surface area (Å²) in [5.41, 5.74) is 7.17. The summed E-state index contributed by atoms with van der Waals surface area (Å²) in [7, 11) is 0. The van der Waals surface area contributed by atoms with Gasteiger partial charge in [-0.3, -0.25) is 9.69 Å². The fourth-order valence-electron chi connectivity index (χ4n) is 3.22. The van der Waals surface area contributed by atoms with Gasteiger partial charge in [-0.15, -0.1) is 24.8 Å². The summed E-state index contributed by atoms with van der Waals surface area (Å²) in [6, 6.07) is 9.84. The number of nitrogens with two attached hydrogens (primary N) is 1. The molecule has 1 aromatic carbocycles. The lowest BCUT2D eigenvalue weighted by Gasteiger charge is -2.42. The van der Waals surface area contributed by atoms with E-state index in [1.807, 2.05) is 42.2 Å². The van der Waals surface area contributed by atoms with Crippen LogP contribution < -0.4 is 5.73 Å². The molecule has 0 radical (unpaired) electrons. The van der Waals surface area contributed by atoms with E-state index in [1.165, 1.54) is 0 Å². The van der Waals surface area contributed by atoms with E-state index in [9.17, 15) is 9.90 Å². The van der Waals surface area contributed by atoms with E-state index in [2.05, 4.69) is 11.8 Å². The molecule has 3 unspecified atom stereocenters. The van der Waals surface area contributed by atoms with Gasteiger partial charge in [0, 0.05) is 44.7 Å². The summed E-state index contributed by atoms with van der Waals surface area (Å²) in [4.78, 5) is 16.8. The number of benzene rings is 1. The van der Waals surface area contributed by atoms with Crippen LogP contribution in [0.2, 0.25) is 0 Å². The van der Waals surface area contributed by atoms with Crippen molar-refractivity contribution in [3.8, 4) is 0 Å². The highest BCUT2D eigenvalue weighted by molar-refractivity contribution is 5.85. The van der Waals surface area contributed by atoms with Crippen molar-refractivity contribution in [2.24, 2.45) is 5.73 Å². The smallest absolute Gasteiger partial charge is 0.224 e. The molecular weight excluding hydrogens is 361 g/mol.